The molecule has 0 unspecified atom stereocenters. The molecule has 7 nitrogen and oxygen atoms in total. The lowest BCUT2D eigenvalue weighted by Gasteiger charge is -2.38. The maximum absolute atomic E-state index is 12.5. The molecule has 1 fully saturated rings. The summed E-state index contributed by atoms with van der Waals surface area (Å²) in [5.41, 5.74) is 1.33. The van der Waals surface area contributed by atoms with Crippen LogP contribution in [0.2, 0.25) is 0 Å². The van der Waals surface area contributed by atoms with Crippen molar-refractivity contribution in [3.63, 3.8) is 0 Å². The molecule has 0 bridgehead atoms. The molecular formula is C18H24N4O3. The van der Waals surface area contributed by atoms with Crippen molar-refractivity contribution in [2.45, 2.75) is 45.1 Å². The van der Waals surface area contributed by atoms with E-state index in [0.717, 1.165) is 11.3 Å². The lowest BCUT2D eigenvalue weighted by atomic mass is 9.87. The Balaban J connectivity index is 1.78. The Kier molecular flexibility index (Phi) is 4.41. The van der Waals surface area contributed by atoms with E-state index in [4.69, 9.17) is 0 Å². The molecule has 1 amide bonds. The normalized spacial score (nSPS) is 17.0. The second kappa shape index (κ2) is 6.38. The van der Waals surface area contributed by atoms with Crippen LogP contribution < -0.4 is 0 Å². The van der Waals surface area contributed by atoms with Gasteiger partial charge in [0.15, 0.2) is 5.54 Å². The van der Waals surface area contributed by atoms with E-state index in [0.29, 0.717) is 31.6 Å². The largest absolute Gasteiger partial charge is 0.479 e. The van der Waals surface area contributed by atoms with Crippen LogP contribution in [0.1, 0.15) is 54.4 Å². The van der Waals surface area contributed by atoms with Gasteiger partial charge in [0.05, 0.1) is 5.69 Å². The first kappa shape index (κ1) is 17.3. The number of aromatic nitrogens is 3. The fourth-order valence-corrected chi connectivity index (χ4v) is 3.30. The van der Waals surface area contributed by atoms with Gasteiger partial charge in [0.1, 0.15) is 5.69 Å². The van der Waals surface area contributed by atoms with Crippen LogP contribution in [0.3, 0.4) is 0 Å². The van der Waals surface area contributed by atoms with Gasteiger partial charge in [0.25, 0.3) is 5.91 Å². The highest BCUT2D eigenvalue weighted by Crippen LogP contribution is 2.31. The van der Waals surface area contributed by atoms with Crippen LogP contribution in [-0.4, -0.2) is 49.7 Å². The summed E-state index contributed by atoms with van der Waals surface area (Å²) >= 11 is 0. The minimum Gasteiger partial charge on any atom is -0.479 e. The van der Waals surface area contributed by atoms with E-state index in [1.807, 2.05) is 32.9 Å². The van der Waals surface area contributed by atoms with Crippen molar-refractivity contribution in [1.82, 2.24) is 19.7 Å². The summed E-state index contributed by atoms with van der Waals surface area (Å²) in [6, 6.07) is 3.68. The Labute approximate surface area is 146 Å². The van der Waals surface area contributed by atoms with Gasteiger partial charge >= 0.3 is 5.97 Å². The molecule has 2 aromatic heterocycles. The molecule has 0 saturated carbocycles. The monoisotopic (exact) mass is 344 g/mol. The van der Waals surface area contributed by atoms with Crippen molar-refractivity contribution in [2.24, 2.45) is 0 Å². The number of hydrogen-bond donors (Lipinski definition) is 2. The number of carbonyl (C=O) groups is 2. The van der Waals surface area contributed by atoms with Crippen LogP contribution in [0.4, 0.5) is 0 Å². The first-order chi connectivity index (χ1) is 11.8. The summed E-state index contributed by atoms with van der Waals surface area (Å²) in [4.78, 5) is 29.3. The van der Waals surface area contributed by atoms with Gasteiger partial charge in [-0.2, -0.15) is 5.10 Å². The zero-order valence-corrected chi connectivity index (χ0v) is 14.8. The molecule has 0 aromatic carbocycles. The van der Waals surface area contributed by atoms with Gasteiger partial charge < -0.3 is 15.0 Å². The fraction of sp³-hybridized carbons (Fsp3) is 0.500. The third-order valence-corrected chi connectivity index (χ3v) is 4.97. The summed E-state index contributed by atoms with van der Waals surface area (Å²) in [6.07, 6.45) is 4.21. The molecule has 3 heterocycles. The highest BCUT2D eigenvalue weighted by atomic mass is 16.4. The topological polar surface area (TPSA) is 91.2 Å². The third kappa shape index (κ3) is 3.06. The van der Waals surface area contributed by atoms with Gasteiger partial charge in [-0.3, -0.25) is 9.48 Å². The van der Waals surface area contributed by atoms with Gasteiger partial charge in [0.2, 0.25) is 0 Å². The minimum atomic E-state index is -1.09. The van der Waals surface area contributed by atoms with E-state index < -0.39 is 11.5 Å². The van der Waals surface area contributed by atoms with E-state index in [2.05, 4.69) is 10.1 Å². The van der Waals surface area contributed by atoms with Crippen LogP contribution in [0.15, 0.2) is 24.5 Å². The van der Waals surface area contributed by atoms with E-state index in [1.54, 1.807) is 22.0 Å². The second-order valence-corrected chi connectivity index (χ2v) is 7.06. The standard InChI is InChI=1S/C18H24N4O3/c1-12(2)14-4-7-22(20-14)18(17(24)25)5-8-21(9-6-18)16(23)15-10-13(3)11-19-15/h4,7,10-12,19H,5-6,8-9H2,1-3H3,(H,24,25). The number of nitrogens with one attached hydrogen (secondary N) is 1. The van der Waals surface area contributed by atoms with Crippen molar-refractivity contribution in [2.75, 3.05) is 13.1 Å². The number of piperidine rings is 1. The molecule has 0 spiro atoms. The van der Waals surface area contributed by atoms with E-state index >= 15 is 0 Å². The number of aliphatic carboxylic acids is 1. The molecule has 7 heteroatoms. The number of likely N-dealkylation sites (tertiary alicyclic amines) is 1. The molecule has 1 saturated heterocycles. The molecule has 0 atom stereocenters. The van der Waals surface area contributed by atoms with Crippen LogP contribution in [0.25, 0.3) is 0 Å². The smallest absolute Gasteiger partial charge is 0.331 e. The number of amides is 1. The second-order valence-electron chi connectivity index (χ2n) is 7.06. The summed E-state index contributed by atoms with van der Waals surface area (Å²) in [6.45, 7) is 6.75. The van der Waals surface area contributed by atoms with Gasteiger partial charge in [-0.25, -0.2) is 4.79 Å². The van der Waals surface area contributed by atoms with Crippen LogP contribution in [0, 0.1) is 6.92 Å². The number of aryl methyl sites for hydroxylation is 1. The van der Waals surface area contributed by atoms with Crippen molar-refractivity contribution < 1.29 is 14.7 Å². The lowest BCUT2D eigenvalue weighted by Crippen LogP contribution is -2.52. The average Bonchev–Trinajstić information content (AvgIpc) is 3.23. The number of aromatic amines is 1. The summed E-state index contributed by atoms with van der Waals surface area (Å²) in [7, 11) is 0. The lowest BCUT2D eigenvalue weighted by molar-refractivity contribution is -0.150. The number of carboxylic acids is 1. The average molecular weight is 344 g/mol. The molecule has 0 aliphatic carbocycles. The van der Waals surface area contributed by atoms with Crippen molar-refractivity contribution in [3.05, 3.63) is 41.5 Å². The molecule has 0 radical (unpaired) electrons. The van der Waals surface area contributed by atoms with E-state index in [9.17, 15) is 14.7 Å². The summed E-state index contributed by atoms with van der Waals surface area (Å²) < 4.78 is 1.57. The van der Waals surface area contributed by atoms with Crippen molar-refractivity contribution in [1.29, 1.82) is 0 Å². The first-order valence-corrected chi connectivity index (χ1v) is 8.57. The molecule has 1 aliphatic rings. The number of rotatable bonds is 4. The number of H-pyrrole nitrogens is 1. The fourth-order valence-electron chi connectivity index (χ4n) is 3.30. The van der Waals surface area contributed by atoms with Crippen molar-refractivity contribution >= 4 is 11.9 Å². The molecule has 25 heavy (non-hydrogen) atoms. The number of hydrogen-bond acceptors (Lipinski definition) is 3. The Hall–Kier alpha value is -2.57. The Bertz CT molecular complexity index is 782. The first-order valence-electron chi connectivity index (χ1n) is 8.57. The van der Waals surface area contributed by atoms with E-state index in [1.165, 1.54) is 0 Å². The van der Waals surface area contributed by atoms with Gasteiger partial charge in [-0.05, 0) is 30.5 Å². The molecule has 1 aliphatic heterocycles. The zero-order valence-electron chi connectivity index (χ0n) is 14.8. The maximum atomic E-state index is 12.5. The number of carboxylic acid groups (broad SMARTS) is 1. The highest BCUT2D eigenvalue weighted by Gasteiger charge is 2.45. The third-order valence-electron chi connectivity index (χ3n) is 4.97. The molecule has 2 aromatic rings. The minimum absolute atomic E-state index is 0.0876. The van der Waals surface area contributed by atoms with Gasteiger partial charge in [-0.15, -0.1) is 0 Å². The summed E-state index contributed by atoms with van der Waals surface area (Å²) in [5, 5.41) is 14.3. The van der Waals surface area contributed by atoms with Crippen LogP contribution in [-0.2, 0) is 10.3 Å². The molecule has 2 N–H and O–H groups in total. The number of nitrogens with zero attached hydrogens (tertiary/aromatic N) is 3. The Morgan fingerprint density at radius 3 is 2.48 bits per heavy atom. The predicted octanol–water partition coefficient (Wildman–Crippen LogP) is 2.36. The molecular weight excluding hydrogens is 320 g/mol. The van der Waals surface area contributed by atoms with Gasteiger partial charge in [0, 0.05) is 38.3 Å². The van der Waals surface area contributed by atoms with Gasteiger partial charge in [-0.1, -0.05) is 13.8 Å². The predicted molar refractivity (Wildman–Crippen MR) is 92.6 cm³/mol. The Morgan fingerprint density at radius 1 is 1.32 bits per heavy atom. The van der Waals surface area contributed by atoms with Crippen LogP contribution in [0.5, 0.6) is 0 Å². The summed E-state index contributed by atoms with van der Waals surface area (Å²) in [5.74, 6) is -0.742. The molecule has 3 rings (SSSR count). The quantitative estimate of drug-likeness (QED) is 0.891. The molecule has 134 valence electrons. The van der Waals surface area contributed by atoms with E-state index in [-0.39, 0.29) is 11.8 Å². The van der Waals surface area contributed by atoms with Crippen LogP contribution >= 0.6 is 0 Å². The Morgan fingerprint density at radius 2 is 2.00 bits per heavy atom. The van der Waals surface area contributed by atoms with Crippen molar-refractivity contribution in [3.8, 4) is 0 Å². The maximum Gasteiger partial charge on any atom is 0.331 e. The zero-order chi connectivity index (χ0) is 18.2. The highest BCUT2D eigenvalue weighted by molar-refractivity contribution is 5.93. The SMILES string of the molecule is Cc1c[nH]c(C(=O)N2CCC(C(=O)O)(n3ccc(C(C)C)n3)CC2)c1. The number of carbonyl (C=O) groups excluding carboxylic acids is 1.